The highest BCUT2D eigenvalue weighted by Gasteiger charge is 2.44. The van der Waals surface area contributed by atoms with Gasteiger partial charge in [-0.25, -0.2) is 9.52 Å². The minimum absolute atomic E-state index is 0.184. The number of aliphatic carboxylic acids is 1. The molecule has 8 nitrogen and oxygen atoms in total. The van der Waals surface area contributed by atoms with Crippen LogP contribution in [0.3, 0.4) is 0 Å². The Balaban J connectivity index is 2.79. The molecule has 0 saturated heterocycles. The number of carbonyl (C=O) groups is 2. The van der Waals surface area contributed by atoms with Gasteiger partial charge in [-0.1, -0.05) is 6.92 Å². The lowest BCUT2D eigenvalue weighted by Crippen LogP contribution is -2.59. The maximum absolute atomic E-state index is 11.9. The Morgan fingerprint density at radius 3 is 2.24 bits per heavy atom. The minimum Gasteiger partial charge on any atom is -0.480 e. The summed E-state index contributed by atoms with van der Waals surface area (Å²) in [5.74, 6) is -0.891. The minimum atomic E-state index is -4.30. The van der Waals surface area contributed by atoms with Crippen molar-refractivity contribution >= 4 is 22.3 Å². The Hall–Kier alpha value is -1.35. The molecule has 1 aliphatic rings. The Bertz CT molecular complexity index is 494. The second-order valence-electron chi connectivity index (χ2n) is 5.73. The average Bonchev–Trinajstić information content (AvgIpc) is 2.29. The van der Waals surface area contributed by atoms with Gasteiger partial charge in [-0.15, -0.1) is 0 Å². The Morgan fingerprint density at radius 1 is 1.29 bits per heavy atom. The molecule has 1 saturated carbocycles. The largest absolute Gasteiger partial charge is 0.480 e. The predicted molar refractivity (Wildman–Crippen MR) is 74.8 cm³/mol. The van der Waals surface area contributed by atoms with Gasteiger partial charge in [0.2, 0.25) is 0 Å². The van der Waals surface area contributed by atoms with Crippen molar-refractivity contribution in [1.29, 1.82) is 0 Å². The van der Waals surface area contributed by atoms with Crippen molar-refractivity contribution in [3.8, 4) is 0 Å². The zero-order chi connectivity index (χ0) is 16.3. The first-order chi connectivity index (χ1) is 9.56. The summed E-state index contributed by atoms with van der Waals surface area (Å²) in [7, 11) is -4.30. The fourth-order valence-corrected chi connectivity index (χ4v) is 3.37. The number of nitrogens with one attached hydrogen (secondary N) is 2. The summed E-state index contributed by atoms with van der Waals surface area (Å²) in [4.78, 5) is 22.8. The van der Waals surface area contributed by atoms with E-state index in [0.717, 1.165) is 0 Å². The zero-order valence-electron chi connectivity index (χ0n) is 12.4. The molecule has 0 bridgehead atoms. The van der Waals surface area contributed by atoms with Gasteiger partial charge in [0.15, 0.2) is 0 Å². The number of rotatable bonds is 5. The molecule has 1 rings (SSSR count). The van der Waals surface area contributed by atoms with Crippen LogP contribution in [0.25, 0.3) is 0 Å². The molecule has 122 valence electrons. The smallest absolute Gasteiger partial charge is 0.422 e. The van der Waals surface area contributed by atoms with E-state index in [9.17, 15) is 23.1 Å². The van der Waals surface area contributed by atoms with Crippen LogP contribution in [0.5, 0.6) is 0 Å². The lowest BCUT2D eigenvalue weighted by Gasteiger charge is -2.35. The third kappa shape index (κ3) is 5.16. The van der Waals surface area contributed by atoms with E-state index in [2.05, 4.69) is 9.46 Å². The number of ether oxygens (including phenoxy) is 1. The average molecular weight is 322 g/mol. The topological polar surface area (TPSA) is 122 Å². The summed E-state index contributed by atoms with van der Waals surface area (Å²) in [6.45, 7) is 5.13. The molecular formula is C12H22N2O6S. The van der Waals surface area contributed by atoms with E-state index >= 15 is 0 Å². The monoisotopic (exact) mass is 322 g/mol. The molecule has 0 spiro atoms. The first-order valence-electron chi connectivity index (χ1n) is 6.82. The molecule has 0 unspecified atom stereocenters. The normalized spacial score (nSPS) is 26.4. The van der Waals surface area contributed by atoms with Gasteiger partial charge in [-0.2, -0.15) is 13.1 Å². The number of amides is 1. The van der Waals surface area contributed by atoms with E-state index in [-0.39, 0.29) is 12.8 Å². The third-order valence-electron chi connectivity index (χ3n) is 3.43. The molecule has 1 fully saturated rings. The van der Waals surface area contributed by atoms with Gasteiger partial charge in [-0.05, 0) is 45.4 Å². The molecule has 0 aromatic rings. The molecule has 21 heavy (non-hydrogen) atoms. The summed E-state index contributed by atoms with van der Waals surface area (Å²) in [6, 6.07) is 0. The third-order valence-corrected chi connectivity index (χ3v) is 4.52. The number of carbonyl (C=O) groups excluding carboxylic acids is 1. The van der Waals surface area contributed by atoms with Crippen molar-refractivity contribution < 1.29 is 27.9 Å². The SMILES string of the molecule is CC1CCC(NS(=O)(=O)NC(=O)OC(C)C)(C(=O)O)CC1. The highest BCUT2D eigenvalue weighted by Crippen LogP contribution is 2.32. The van der Waals surface area contributed by atoms with E-state index in [1.165, 1.54) is 0 Å². The maximum atomic E-state index is 11.9. The standard InChI is InChI=1S/C12H22N2O6S/c1-8(2)20-11(17)13-21(18,19)14-12(10(15)16)6-4-9(3)5-7-12/h8-9,14H,4-7H2,1-3H3,(H,13,17)(H,15,16). The van der Waals surface area contributed by atoms with Crippen molar-refractivity contribution in [3.63, 3.8) is 0 Å². The van der Waals surface area contributed by atoms with E-state index in [1.54, 1.807) is 18.6 Å². The highest BCUT2D eigenvalue weighted by molar-refractivity contribution is 7.88. The van der Waals surface area contributed by atoms with Crippen LogP contribution < -0.4 is 9.44 Å². The summed E-state index contributed by atoms with van der Waals surface area (Å²) in [5, 5.41) is 9.35. The fourth-order valence-electron chi connectivity index (χ4n) is 2.25. The predicted octanol–water partition coefficient (Wildman–Crippen LogP) is 0.989. The van der Waals surface area contributed by atoms with Crippen LogP contribution in [0.1, 0.15) is 46.5 Å². The molecule has 0 aliphatic heterocycles. The Labute approximate surface area is 124 Å². The van der Waals surface area contributed by atoms with Gasteiger partial charge < -0.3 is 9.84 Å². The van der Waals surface area contributed by atoms with Crippen LogP contribution in [0, 0.1) is 5.92 Å². The van der Waals surface area contributed by atoms with Gasteiger partial charge in [0.05, 0.1) is 6.10 Å². The first kappa shape index (κ1) is 17.7. The molecular weight excluding hydrogens is 300 g/mol. The maximum Gasteiger partial charge on any atom is 0.422 e. The number of carboxylic acids is 1. The van der Waals surface area contributed by atoms with E-state index < -0.39 is 33.9 Å². The summed E-state index contributed by atoms with van der Waals surface area (Å²) in [5.41, 5.74) is -1.57. The Kier molecular flexibility index (Phi) is 5.57. The van der Waals surface area contributed by atoms with Crippen molar-refractivity contribution in [3.05, 3.63) is 0 Å². The van der Waals surface area contributed by atoms with Crippen LogP contribution in [0.4, 0.5) is 4.79 Å². The Morgan fingerprint density at radius 2 is 1.81 bits per heavy atom. The summed E-state index contributed by atoms with van der Waals surface area (Å²) < 4.78 is 32.2. The van der Waals surface area contributed by atoms with E-state index in [4.69, 9.17) is 0 Å². The molecule has 0 heterocycles. The second kappa shape index (κ2) is 6.61. The highest BCUT2D eigenvalue weighted by atomic mass is 32.2. The zero-order valence-corrected chi connectivity index (χ0v) is 13.2. The van der Waals surface area contributed by atoms with Crippen LogP contribution >= 0.6 is 0 Å². The van der Waals surface area contributed by atoms with Crippen LogP contribution in [-0.4, -0.2) is 37.2 Å². The number of hydrogen-bond acceptors (Lipinski definition) is 5. The van der Waals surface area contributed by atoms with Crippen molar-refractivity contribution in [2.45, 2.75) is 58.1 Å². The fraction of sp³-hybridized carbons (Fsp3) is 0.833. The van der Waals surface area contributed by atoms with Crippen molar-refractivity contribution in [2.24, 2.45) is 5.92 Å². The van der Waals surface area contributed by atoms with E-state index in [0.29, 0.717) is 18.8 Å². The molecule has 0 atom stereocenters. The molecule has 1 amide bonds. The van der Waals surface area contributed by atoms with Crippen molar-refractivity contribution in [2.75, 3.05) is 0 Å². The molecule has 3 N–H and O–H groups in total. The van der Waals surface area contributed by atoms with Gasteiger partial charge in [0, 0.05) is 0 Å². The van der Waals surface area contributed by atoms with Crippen LogP contribution in [-0.2, 0) is 19.7 Å². The second-order valence-corrected chi connectivity index (χ2v) is 7.15. The molecule has 0 aromatic heterocycles. The quantitative estimate of drug-likeness (QED) is 0.694. The molecule has 0 aromatic carbocycles. The summed E-state index contributed by atoms with van der Waals surface area (Å²) in [6.07, 6.45) is -0.0459. The van der Waals surface area contributed by atoms with Gasteiger partial charge in [0.25, 0.3) is 0 Å². The van der Waals surface area contributed by atoms with E-state index in [1.807, 2.05) is 6.92 Å². The molecule has 0 radical (unpaired) electrons. The van der Waals surface area contributed by atoms with Crippen LogP contribution in [0.15, 0.2) is 0 Å². The van der Waals surface area contributed by atoms with Gasteiger partial charge in [0.1, 0.15) is 5.54 Å². The van der Waals surface area contributed by atoms with Crippen LogP contribution in [0.2, 0.25) is 0 Å². The van der Waals surface area contributed by atoms with Gasteiger partial charge in [-0.3, -0.25) is 4.79 Å². The number of carboxylic acid groups (broad SMARTS) is 1. The number of hydrogen-bond donors (Lipinski definition) is 3. The van der Waals surface area contributed by atoms with Crippen molar-refractivity contribution in [1.82, 2.24) is 9.44 Å². The molecule has 9 heteroatoms. The molecule has 1 aliphatic carbocycles. The van der Waals surface area contributed by atoms with Gasteiger partial charge >= 0.3 is 22.3 Å². The first-order valence-corrected chi connectivity index (χ1v) is 8.30. The summed E-state index contributed by atoms with van der Waals surface area (Å²) >= 11 is 0. The lowest BCUT2D eigenvalue weighted by molar-refractivity contribution is -0.145. The lowest BCUT2D eigenvalue weighted by atomic mass is 9.78.